The molecule has 3 aliphatic heterocycles. The summed E-state index contributed by atoms with van der Waals surface area (Å²) in [5.41, 5.74) is 2.53. The van der Waals surface area contributed by atoms with Gasteiger partial charge in [-0.05, 0) is 43.5 Å². The summed E-state index contributed by atoms with van der Waals surface area (Å²) in [6, 6.07) is 14.8. The number of rotatable bonds is 2. The zero-order valence-corrected chi connectivity index (χ0v) is 16.7. The van der Waals surface area contributed by atoms with Crippen molar-refractivity contribution in [3.63, 3.8) is 0 Å². The summed E-state index contributed by atoms with van der Waals surface area (Å²) < 4.78 is 1.61. The Kier molecular flexibility index (Phi) is 3.38. The van der Waals surface area contributed by atoms with E-state index in [0.717, 1.165) is 12.1 Å². The molecule has 30 heavy (non-hydrogen) atoms. The number of nitrogens with zero attached hydrogens (tertiary/aromatic N) is 3. The van der Waals surface area contributed by atoms with E-state index in [0.29, 0.717) is 23.1 Å². The van der Waals surface area contributed by atoms with Crippen molar-refractivity contribution >= 4 is 22.5 Å². The topological polar surface area (TPSA) is 67.2 Å². The minimum atomic E-state index is -0.592. The maximum absolute atomic E-state index is 13.6. The Bertz CT molecular complexity index is 1300. The Morgan fingerprint density at radius 1 is 1.20 bits per heavy atom. The first-order valence-electron chi connectivity index (χ1n) is 10.4. The number of amides is 1. The van der Waals surface area contributed by atoms with Crippen molar-refractivity contribution in [2.45, 2.75) is 43.4 Å². The summed E-state index contributed by atoms with van der Waals surface area (Å²) >= 11 is 0. The number of carbonyl (C=O) groups is 1. The second kappa shape index (κ2) is 5.81. The van der Waals surface area contributed by atoms with Crippen molar-refractivity contribution in [1.82, 2.24) is 14.5 Å². The Morgan fingerprint density at radius 3 is 2.80 bits per heavy atom. The predicted octanol–water partition coefficient (Wildman–Crippen LogP) is 3.51. The summed E-state index contributed by atoms with van der Waals surface area (Å²) in [4.78, 5) is 33.7. The number of allylic oxidation sites excluding steroid dienone is 1. The van der Waals surface area contributed by atoms with Crippen LogP contribution in [-0.4, -0.2) is 26.5 Å². The van der Waals surface area contributed by atoms with Gasteiger partial charge in [0.2, 0.25) is 5.91 Å². The second-order valence-corrected chi connectivity index (χ2v) is 8.55. The highest BCUT2D eigenvalue weighted by Crippen LogP contribution is 2.58. The number of hydrogen-bond acceptors (Lipinski definition) is 4. The molecule has 0 aliphatic carbocycles. The monoisotopic (exact) mass is 398 g/mol. The Labute approximate surface area is 173 Å². The van der Waals surface area contributed by atoms with Crippen LogP contribution in [0.4, 0.5) is 5.69 Å². The van der Waals surface area contributed by atoms with E-state index in [9.17, 15) is 9.59 Å². The molecule has 3 aromatic rings. The highest BCUT2D eigenvalue weighted by atomic mass is 16.2. The molecule has 1 aromatic heterocycles. The molecule has 0 bridgehead atoms. The van der Waals surface area contributed by atoms with Crippen LogP contribution in [-0.2, 0) is 10.2 Å². The van der Waals surface area contributed by atoms with Crippen molar-refractivity contribution in [3.8, 4) is 0 Å². The van der Waals surface area contributed by atoms with Crippen LogP contribution in [0.5, 0.6) is 0 Å². The maximum atomic E-state index is 13.6. The average Bonchev–Trinajstić information content (AvgIpc) is 3.23. The van der Waals surface area contributed by atoms with Gasteiger partial charge >= 0.3 is 0 Å². The fourth-order valence-electron chi connectivity index (χ4n) is 5.81. The molecule has 6 rings (SSSR count). The van der Waals surface area contributed by atoms with Crippen LogP contribution >= 0.6 is 0 Å². The number of fused-ring (bicyclic) bond motifs is 8. The summed E-state index contributed by atoms with van der Waals surface area (Å²) in [6.45, 7) is 5.80. The van der Waals surface area contributed by atoms with Gasteiger partial charge in [-0.3, -0.25) is 14.2 Å². The average molecular weight is 398 g/mol. The highest BCUT2D eigenvalue weighted by molar-refractivity contribution is 5.86. The molecule has 1 fully saturated rings. The van der Waals surface area contributed by atoms with Crippen LogP contribution in [0.3, 0.4) is 0 Å². The number of carbonyl (C=O) groups excluding carboxylic acids is 1. The van der Waals surface area contributed by atoms with Gasteiger partial charge in [0, 0.05) is 11.1 Å². The molecule has 150 valence electrons. The molecule has 0 unspecified atom stereocenters. The van der Waals surface area contributed by atoms with Gasteiger partial charge < -0.3 is 10.2 Å². The molecule has 1 N–H and O–H groups in total. The summed E-state index contributed by atoms with van der Waals surface area (Å²) in [6.07, 6.45) is 3.21. The Morgan fingerprint density at radius 2 is 1.97 bits per heavy atom. The van der Waals surface area contributed by atoms with Gasteiger partial charge in [-0.15, -0.1) is 6.58 Å². The standard InChI is InChI=1S/C24H22N4O2/c1-3-12-24-13-19-20-25-17-10-6-4-8-15(17)22(30)27(20)14(2)21(29)28(19)23(24)26-18-11-7-5-9-16(18)24/h3-11,14,19,23,26H,1,12-13H2,2H3/t14-,19+,23+,24+/m1/s1. The van der Waals surface area contributed by atoms with Gasteiger partial charge in [0.25, 0.3) is 5.56 Å². The third kappa shape index (κ3) is 1.96. The molecule has 4 atom stereocenters. The van der Waals surface area contributed by atoms with E-state index in [-0.39, 0.29) is 29.1 Å². The van der Waals surface area contributed by atoms with Crippen LogP contribution in [0, 0.1) is 0 Å². The fraction of sp³-hybridized carbons (Fsp3) is 0.292. The third-order valence-electron chi connectivity index (χ3n) is 7.09. The fourth-order valence-corrected chi connectivity index (χ4v) is 5.81. The van der Waals surface area contributed by atoms with Crippen molar-refractivity contribution in [1.29, 1.82) is 0 Å². The molecular weight excluding hydrogens is 376 g/mol. The maximum Gasteiger partial charge on any atom is 0.262 e. The number of aromatic nitrogens is 2. The lowest BCUT2D eigenvalue weighted by molar-refractivity contribution is -0.139. The van der Waals surface area contributed by atoms with Gasteiger partial charge in [0.15, 0.2) is 0 Å². The SMILES string of the molecule is C=CC[C@@]12C[C@H]3c4nc5ccccc5c(=O)n4[C@H](C)C(=O)N3[C@@H]1Nc1ccccc12. The number of para-hydroxylation sites is 2. The second-order valence-electron chi connectivity index (χ2n) is 8.55. The van der Waals surface area contributed by atoms with E-state index in [2.05, 4.69) is 24.0 Å². The summed E-state index contributed by atoms with van der Waals surface area (Å²) in [5, 5.41) is 4.15. The number of benzene rings is 2. The van der Waals surface area contributed by atoms with E-state index in [1.165, 1.54) is 5.56 Å². The number of nitrogens with one attached hydrogen (secondary N) is 1. The van der Waals surface area contributed by atoms with Gasteiger partial charge in [0.05, 0.1) is 16.9 Å². The molecule has 0 saturated carbocycles. The Hall–Kier alpha value is -3.41. The normalized spacial score (nSPS) is 28.5. The molecule has 2 aromatic carbocycles. The van der Waals surface area contributed by atoms with Crippen molar-refractivity contribution in [3.05, 3.63) is 82.9 Å². The van der Waals surface area contributed by atoms with Crippen molar-refractivity contribution in [2.24, 2.45) is 0 Å². The molecule has 6 nitrogen and oxygen atoms in total. The van der Waals surface area contributed by atoms with Crippen molar-refractivity contribution < 1.29 is 4.79 Å². The summed E-state index contributed by atoms with van der Waals surface area (Å²) in [7, 11) is 0. The van der Waals surface area contributed by atoms with Gasteiger partial charge in [-0.25, -0.2) is 4.98 Å². The van der Waals surface area contributed by atoms with Crippen LogP contribution in [0.2, 0.25) is 0 Å². The van der Waals surface area contributed by atoms with E-state index in [4.69, 9.17) is 4.98 Å². The van der Waals surface area contributed by atoms with Gasteiger partial charge in [0.1, 0.15) is 18.0 Å². The smallest absolute Gasteiger partial charge is 0.262 e. The molecule has 1 saturated heterocycles. The van der Waals surface area contributed by atoms with Crippen LogP contribution in [0.15, 0.2) is 66.0 Å². The number of anilines is 1. The van der Waals surface area contributed by atoms with Crippen LogP contribution in [0.25, 0.3) is 10.9 Å². The van der Waals surface area contributed by atoms with Gasteiger partial charge in [-0.1, -0.05) is 36.4 Å². The molecule has 0 spiro atoms. The first kappa shape index (κ1) is 17.4. The van der Waals surface area contributed by atoms with E-state index < -0.39 is 6.04 Å². The minimum absolute atomic E-state index is 0.0390. The first-order chi connectivity index (χ1) is 14.6. The quantitative estimate of drug-likeness (QED) is 0.671. The molecule has 3 aliphatic rings. The lowest BCUT2D eigenvalue weighted by Gasteiger charge is -2.39. The molecule has 6 heteroatoms. The summed E-state index contributed by atoms with van der Waals surface area (Å²) in [5.74, 6) is 0.644. The van der Waals surface area contributed by atoms with Gasteiger partial charge in [-0.2, -0.15) is 0 Å². The third-order valence-corrected chi connectivity index (χ3v) is 7.09. The molecule has 1 amide bonds. The largest absolute Gasteiger partial charge is 0.364 e. The van der Waals surface area contributed by atoms with E-state index in [1.54, 1.807) is 17.6 Å². The zero-order chi connectivity index (χ0) is 20.6. The molecular formula is C24H22N4O2. The van der Waals surface area contributed by atoms with Crippen molar-refractivity contribution in [2.75, 3.05) is 5.32 Å². The zero-order valence-electron chi connectivity index (χ0n) is 16.7. The lowest BCUT2D eigenvalue weighted by atomic mass is 9.75. The highest BCUT2D eigenvalue weighted by Gasteiger charge is 2.61. The van der Waals surface area contributed by atoms with E-state index in [1.807, 2.05) is 41.3 Å². The van der Waals surface area contributed by atoms with Crippen LogP contribution in [0.1, 0.15) is 43.2 Å². The predicted molar refractivity (Wildman–Crippen MR) is 115 cm³/mol. The molecule has 0 radical (unpaired) electrons. The number of hydrogen-bond donors (Lipinski definition) is 1. The minimum Gasteiger partial charge on any atom is -0.364 e. The van der Waals surface area contributed by atoms with E-state index >= 15 is 0 Å². The Balaban J connectivity index is 1.61. The first-order valence-corrected chi connectivity index (χ1v) is 10.4. The lowest BCUT2D eigenvalue weighted by Crippen LogP contribution is -2.53. The van der Waals surface area contributed by atoms with Crippen LogP contribution < -0.4 is 10.9 Å². The molecule has 4 heterocycles.